The van der Waals surface area contributed by atoms with E-state index in [1.165, 1.54) is 0 Å². The van der Waals surface area contributed by atoms with E-state index in [1.54, 1.807) is 25.1 Å². The second kappa shape index (κ2) is 5.63. The Hall–Kier alpha value is -3.34. The molecule has 0 bridgehead atoms. The van der Waals surface area contributed by atoms with Gasteiger partial charge in [0.25, 0.3) is 5.56 Å². The van der Waals surface area contributed by atoms with E-state index in [-0.39, 0.29) is 16.9 Å². The number of ether oxygens (including phenoxy) is 2. The monoisotopic (exact) mass is 338 g/mol. The predicted octanol–water partition coefficient (Wildman–Crippen LogP) is 1.07. The summed E-state index contributed by atoms with van der Waals surface area (Å²) in [5.41, 5.74) is 0.527. The number of rotatable bonds is 1. The lowest BCUT2D eigenvalue weighted by Crippen LogP contribution is -2.38. The van der Waals surface area contributed by atoms with E-state index in [0.29, 0.717) is 36.1 Å². The molecule has 8 heteroatoms. The molecule has 2 unspecified atom stereocenters. The molecule has 0 saturated carbocycles. The Kier molecular flexibility index (Phi) is 3.42. The Morgan fingerprint density at radius 3 is 2.76 bits per heavy atom. The van der Waals surface area contributed by atoms with E-state index in [1.807, 2.05) is 6.07 Å². The molecule has 1 aromatic heterocycles. The molecule has 2 aliphatic rings. The first-order valence-electron chi connectivity index (χ1n) is 7.79. The molecule has 1 aromatic carbocycles. The number of aromatic amines is 1. The Bertz CT molecular complexity index is 976. The number of hydrogen-bond donors (Lipinski definition) is 2. The number of nitriles is 1. The van der Waals surface area contributed by atoms with Gasteiger partial charge in [-0.2, -0.15) is 5.26 Å². The van der Waals surface area contributed by atoms with Crippen LogP contribution in [0.15, 0.2) is 23.0 Å². The van der Waals surface area contributed by atoms with Crippen LogP contribution in [0.5, 0.6) is 11.5 Å². The third-order valence-electron chi connectivity index (χ3n) is 4.31. The summed E-state index contributed by atoms with van der Waals surface area (Å²) in [5, 5.41) is 12.1. The van der Waals surface area contributed by atoms with Crippen LogP contribution < -0.4 is 20.3 Å². The summed E-state index contributed by atoms with van der Waals surface area (Å²) >= 11 is 0. The van der Waals surface area contributed by atoms with Crippen molar-refractivity contribution in [1.82, 2.24) is 9.97 Å². The molecule has 2 aliphatic heterocycles. The largest absolute Gasteiger partial charge is 0.486 e. The van der Waals surface area contributed by atoms with Gasteiger partial charge in [-0.25, -0.2) is 4.98 Å². The maximum absolute atomic E-state index is 12.5. The highest BCUT2D eigenvalue weighted by molar-refractivity contribution is 5.97. The molecule has 2 N–H and O–H groups in total. The summed E-state index contributed by atoms with van der Waals surface area (Å²) in [6.07, 6.45) is 0. The van der Waals surface area contributed by atoms with Gasteiger partial charge in [0.05, 0.1) is 11.6 Å². The van der Waals surface area contributed by atoms with Crippen LogP contribution in [0, 0.1) is 24.2 Å². The smallest absolute Gasteiger partial charge is 0.256 e. The minimum atomic E-state index is -1.04. The topological polar surface area (TPSA) is 117 Å². The molecule has 0 radical (unpaired) electrons. The van der Waals surface area contributed by atoms with E-state index < -0.39 is 17.7 Å². The van der Waals surface area contributed by atoms with E-state index >= 15 is 0 Å². The van der Waals surface area contributed by atoms with Crippen molar-refractivity contribution in [2.75, 3.05) is 18.5 Å². The summed E-state index contributed by atoms with van der Waals surface area (Å²) in [6, 6.07) is 7.18. The van der Waals surface area contributed by atoms with Crippen LogP contribution >= 0.6 is 0 Å². The number of aromatic nitrogens is 2. The normalized spacial score (nSPS) is 21.0. The maximum Gasteiger partial charge on any atom is 0.256 e. The Labute approximate surface area is 142 Å². The van der Waals surface area contributed by atoms with Crippen molar-refractivity contribution < 1.29 is 14.3 Å². The zero-order valence-electron chi connectivity index (χ0n) is 13.3. The first kappa shape index (κ1) is 15.2. The summed E-state index contributed by atoms with van der Waals surface area (Å²) in [7, 11) is 0. The zero-order valence-corrected chi connectivity index (χ0v) is 13.3. The minimum absolute atomic E-state index is 0.192. The number of benzene rings is 1. The third-order valence-corrected chi connectivity index (χ3v) is 4.31. The van der Waals surface area contributed by atoms with Crippen molar-refractivity contribution in [1.29, 1.82) is 5.26 Å². The number of anilines is 1. The van der Waals surface area contributed by atoms with Crippen molar-refractivity contribution in [3.8, 4) is 17.6 Å². The molecule has 2 aromatic rings. The van der Waals surface area contributed by atoms with Crippen LogP contribution in [0.4, 0.5) is 5.82 Å². The number of H-pyrrole nitrogens is 1. The lowest BCUT2D eigenvalue weighted by Gasteiger charge is -2.29. The van der Waals surface area contributed by atoms with E-state index in [2.05, 4.69) is 15.3 Å². The molecule has 8 nitrogen and oxygen atoms in total. The number of carbonyl (C=O) groups excluding carboxylic acids is 1. The van der Waals surface area contributed by atoms with Gasteiger partial charge in [-0.1, -0.05) is 6.07 Å². The molecular weight excluding hydrogens is 324 g/mol. The first-order valence-corrected chi connectivity index (χ1v) is 7.79. The first-order chi connectivity index (χ1) is 12.1. The van der Waals surface area contributed by atoms with Crippen molar-refractivity contribution in [2.45, 2.75) is 12.8 Å². The molecule has 0 fully saturated rings. The Balaban J connectivity index is 1.92. The van der Waals surface area contributed by atoms with Crippen LogP contribution in [-0.4, -0.2) is 29.1 Å². The number of carbonyl (C=O) groups is 1. The number of fused-ring (bicyclic) bond motifs is 2. The Morgan fingerprint density at radius 2 is 2.00 bits per heavy atom. The van der Waals surface area contributed by atoms with Crippen molar-refractivity contribution in [3.63, 3.8) is 0 Å². The molecule has 0 spiro atoms. The fourth-order valence-electron chi connectivity index (χ4n) is 3.24. The van der Waals surface area contributed by atoms with Gasteiger partial charge >= 0.3 is 0 Å². The van der Waals surface area contributed by atoms with Crippen LogP contribution in [0.3, 0.4) is 0 Å². The molecule has 25 heavy (non-hydrogen) atoms. The van der Waals surface area contributed by atoms with Crippen LogP contribution in [0.25, 0.3) is 0 Å². The fraction of sp³-hybridized carbons (Fsp3) is 0.294. The summed E-state index contributed by atoms with van der Waals surface area (Å²) in [5.74, 6) is -0.545. The summed E-state index contributed by atoms with van der Waals surface area (Å²) in [4.78, 5) is 31.7. The average Bonchev–Trinajstić information content (AvgIpc) is 2.59. The predicted molar refractivity (Wildman–Crippen MR) is 86.6 cm³/mol. The molecule has 4 rings (SSSR count). The standard InChI is InChI=1S/C17H14N4O4/c1-8-19-15-14(17(23)20-8)13(10(7-18)16(22)21-15)9-2-3-11-12(6-9)25-5-4-24-11/h2-3,6,10,13H,4-5H2,1H3,(H2,19,20,21,22,23). The van der Waals surface area contributed by atoms with Crippen LogP contribution in [-0.2, 0) is 4.79 Å². The molecule has 1 amide bonds. The van der Waals surface area contributed by atoms with Crippen molar-refractivity contribution in [3.05, 3.63) is 45.5 Å². The van der Waals surface area contributed by atoms with Gasteiger partial charge < -0.3 is 19.8 Å². The number of aryl methyl sites for hydroxylation is 1. The van der Waals surface area contributed by atoms with E-state index in [4.69, 9.17) is 9.47 Å². The van der Waals surface area contributed by atoms with E-state index in [9.17, 15) is 14.9 Å². The number of amides is 1. The fourth-order valence-corrected chi connectivity index (χ4v) is 3.24. The lowest BCUT2D eigenvalue weighted by molar-refractivity contribution is -0.119. The summed E-state index contributed by atoms with van der Waals surface area (Å²) in [6.45, 7) is 2.51. The van der Waals surface area contributed by atoms with Gasteiger partial charge in [0, 0.05) is 5.92 Å². The second-order valence-electron chi connectivity index (χ2n) is 5.89. The number of nitrogens with zero attached hydrogens (tertiary/aromatic N) is 2. The van der Waals surface area contributed by atoms with Gasteiger partial charge in [-0.05, 0) is 24.6 Å². The minimum Gasteiger partial charge on any atom is -0.486 e. The van der Waals surface area contributed by atoms with Gasteiger partial charge in [-0.3, -0.25) is 9.59 Å². The highest BCUT2D eigenvalue weighted by Gasteiger charge is 2.40. The average molecular weight is 338 g/mol. The quantitative estimate of drug-likeness (QED) is 0.803. The zero-order chi connectivity index (χ0) is 17.6. The van der Waals surface area contributed by atoms with Gasteiger partial charge in [0.2, 0.25) is 5.91 Å². The lowest BCUT2D eigenvalue weighted by atomic mass is 9.79. The van der Waals surface area contributed by atoms with Gasteiger partial charge in [-0.15, -0.1) is 0 Å². The maximum atomic E-state index is 12.5. The Morgan fingerprint density at radius 1 is 1.24 bits per heavy atom. The molecule has 3 heterocycles. The SMILES string of the molecule is Cc1nc2c(c(=O)[nH]1)C(c1ccc3c(c1)OCCO3)C(C#N)C(=O)N2. The second-order valence-corrected chi connectivity index (χ2v) is 5.89. The van der Waals surface area contributed by atoms with Crippen LogP contribution in [0.2, 0.25) is 0 Å². The highest BCUT2D eigenvalue weighted by atomic mass is 16.6. The molecule has 2 atom stereocenters. The third kappa shape index (κ3) is 2.41. The molecule has 126 valence electrons. The number of hydrogen-bond acceptors (Lipinski definition) is 6. The molecule has 0 aliphatic carbocycles. The highest BCUT2D eigenvalue weighted by Crippen LogP contribution is 2.41. The molecular formula is C17H14N4O4. The van der Waals surface area contributed by atoms with Crippen molar-refractivity contribution >= 4 is 11.7 Å². The van der Waals surface area contributed by atoms with E-state index in [0.717, 1.165) is 0 Å². The number of nitrogens with one attached hydrogen (secondary N) is 2. The summed E-state index contributed by atoms with van der Waals surface area (Å²) < 4.78 is 11.1. The van der Waals surface area contributed by atoms with Crippen molar-refractivity contribution in [2.24, 2.45) is 5.92 Å². The van der Waals surface area contributed by atoms with Gasteiger partial charge in [0.1, 0.15) is 30.8 Å². The molecule has 0 saturated heterocycles. The van der Waals surface area contributed by atoms with Gasteiger partial charge in [0.15, 0.2) is 11.5 Å². The van der Waals surface area contributed by atoms with Crippen LogP contribution in [0.1, 0.15) is 22.9 Å².